The Kier molecular flexibility index (Phi) is 5.66. The third-order valence-electron chi connectivity index (χ3n) is 2.33. The van der Waals surface area contributed by atoms with Gasteiger partial charge in [-0.05, 0) is 12.5 Å². The van der Waals surface area contributed by atoms with Crippen LogP contribution in [0.3, 0.4) is 0 Å². The van der Waals surface area contributed by atoms with E-state index in [1.807, 2.05) is 6.07 Å². The maximum absolute atomic E-state index is 8.79. The molecule has 1 rings (SSSR count). The first-order valence-corrected chi connectivity index (χ1v) is 5.96. The Balaban J connectivity index is 2.45. The Morgan fingerprint density at radius 1 is 1.44 bits per heavy atom. The molecule has 86 valence electrons. The summed E-state index contributed by atoms with van der Waals surface area (Å²) in [4.78, 5) is 4.11. The molecule has 1 aromatic rings. The Morgan fingerprint density at radius 2 is 2.25 bits per heavy atom. The molecule has 0 aliphatic carbocycles. The number of unbranched alkanes of at least 4 members (excludes halogenated alkanes) is 3. The molecule has 0 amide bonds. The molecule has 0 saturated carbocycles. The van der Waals surface area contributed by atoms with Gasteiger partial charge in [0.15, 0.2) is 0 Å². The zero-order chi connectivity index (χ0) is 11.8. The van der Waals surface area contributed by atoms with Crippen LogP contribution in [0.1, 0.15) is 38.2 Å². The molecule has 1 heterocycles. The second kappa shape index (κ2) is 7.08. The van der Waals surface area contributed by atoms with Gasteiger partial charge < -0.3 is 5.32 Å². The molecule has 0 aliphatic rings. The molecular weight excluding hydrogens is 222 g/mol. The van der Waals surface area contributed by atoms with E-state index in [1.54, 1.807) is 12.3 Å². The van der Waals surface area contributed by atoms with E-state index in [2.05, 4.69) is 17.2 Å². The largest absolute Gasteiger partial charge is 0.369 e. The highest BCUT2D eigenvalue weighted by molar-refractivity contribution is 6.34. The summed E-state index contributed by atoms with van der Waals surface area (Å²) in [5.74, 6) is 0.609. The molecule has 0 unspecified atom stereocenters. The highest BCUT2D eigenvalue weighted by atomic mass is 35.5. The summed E-state index contributed by atoms with van der Waals surface area (Å²) < 4.78 is 0. The standard InChI is InChI=1S/C12H16ClN3/c1-2-3-4-5-7-15-12-11(13)10(9-14)6-8-16-12/h6,8H,2-5,7H2,1H3,(H,15,16). The molecule has 0 aromatic carbocycles. The average Bonchev–Trinajstić information content (AvgIpc) is 2.31. The molecular formula is C12H16ClN3. The van der Waals surface area contributed by atoms with Crippen molar-refractivity contribution in [3.8, 4) is 6.07 Å². The van der Waals surface area contributed by atoms with Crippen LogP contribution in [0.4, 0.5) is 5.82 Å². The van der Waals surface area contributed by atoms with Crippen LogP contribution in [0.25, 0.3) is 0 Å². The smallest absolute Gasteiger partial charge is 0.146 e. The monoisotopic (exact) mass is 237 g/mol. The number of pyridine rings is 1. The van der Waals surface area contributed by atoms with Gasteiger partial charge in [-0.15, -0.1) is 0 Å². The summed E-state index contributed by atoms with van der Waals surface area (Å²) in [7, 11) is 0. The zero-order valence-electron chi connectivity index (χ0n) is 9.46. The Labute approximate surface area is 101 Å². The van der Waals surface area contributed by atoms with E-state index in [0.717, 1.165) is 13.0 Å². The van der Waals surface area contributed by atoms with Crippen LogP contribution in [0.15, 0.2) is 12.3 Å². The molecule has 0 bridgehead atoms. The first-order chi connectivity index (χ1) is 7.79. The first-order valence-electron chi connectivity index (χ1n) is 5.58. The second-order valence-corrected chi connectivity index (χ2v) is 4.00. The number of halogens is 1. The molecule has 0 radical (unpaired) electrons. The van der Waals surface area contributed by atoms with Crippen molar-refractivity contribution < 1.29 is 0 Å². The Bertz CT molecular complexity index is 371. The number of aromatic nitrogens is 1. The van der Waals surface area contributed by atoms with Crippen LogP contribution in [-0.4, -0.2) is 11.5 Å². The molecule has 3 nitrogen and oxygen atoms in total. The van der Waals surface area contributed by atoms with Crippen molar-refractivity contribution in [3.05, 3.63) is 22.8 Å². The first kappa shape index (κ1) is 12.8. The maximum Gasteiger partial charge on any atom is 0.146 e. The topological polar surface area (TPSA) is 48.7 Å². The summed E-state index contributed by atoms with van der Waals surface area (Å²) in [6.45, 7) is 3.03. The van der Waals surface area contributed by atoms with E-state index in [4.69, 9.17) is 16.9 Å². The number of nitriles is 1. The quantitative estimate of drug-likeness (QED) is 0.769. The third kappa shape index (κ3) is 3.71. The lowest BCUT2D eigenvalue weighted by Gasteiger charge is -2.07. The molecule has 0 aliphatic heterocycles. The van der Waals surface area contributed by atoms with Gasteiger partial charge in [-0.3, -0.25) is 0 Å². The Morgan fingerprint density at radius 3 is 2.94 bits per heavy atom. The van der Waals surface area contributed by atoms with Crippen molar-refractivity contribution >= 4 is 17.4 Å². The molecule has 1 N–H and O–H groups in total. The van der Waals surface area contributed by atoms with Crippen molar-refractivity contribution in [2.45, 2.75) is 32.6 Å². The van der Waals surface area contributed by atoms with Crippen LogP contribution in [0.2, 0.25) is 5.02 Å². The molecule has 0 spiro atoms. The van der Waals surface area contributed by atoms with E-state index < -0.39 is 0 Å². The van der Waals surface area contributed by atoms with Crippen molar-refractivity contribution in [2.75, 3.05) is 11.9 Å². The lowest BCUT2D eigenvalue weighted by molar-refractivity contribution is 0.684. The van der Waals surface area contributed by atoms with Gasteiger partial charge in [0, 0.05) is 12.7 Å². The molecule has 0 saturated heterocycles. The molecule has 4 heteroatoms. The van der Waals surface area contributed by atoms with Crippen LogP contribution in [-0.2, 0) is 0 Å². The number of rotatable bonds is 6. The van der Waals surface area contributed by atoms with Crippen LogP contribution >= 0.6 is 11.6 Å². The maximum atomic E-state index is 8.79. The van der Waals surface area contributed by atoms with Crippen molar-refractivity contribution in [1.29, 1.82) is 5.26 Å². The molecule has 16 heavy (non-hydrogen) atoms. The van der Waals surface area contributed by atoms with Gasteiger partial charge in [0.25, 0.3) is 0 Å². The minimum absolute atomic E-state index is 0.417. The van der Waals surface area contributed by atoms with E-state index in [-0.39, 0.29) is 0 Å². The van der Waals surface area contributed by atoms with Crippen LogP contribution in [0.5, 0.6) is 0 Å². The van der Waals surface area contributed by atoms with Gasteiger partial charge >= 0.3 is 0 Å². The van der Waals surface area contributed by atoms with Gasteiger partial charge in [0.2, 0.25) is 0 Å². The van der Waals surface area contributed by atoms with Gasteiger partial charge in [0.05, 0.1) is 5.56 Å². The number of nitrogens with one attached hydrogen (secondary N) is 1. The van der Waals surface area contributed by atoms with Gasteiger partial charge in [-0.1, -0.05) is 37.8 Å². The van der Waals surface area contributed by atoms with Crippen molar-refractivity contribution in [2.24, 2.45) is 0 Å². The minimum atomic E-state index is 0.417. The SMILES string of the molecule is CCCCCCNc1nccc(C#N)c1Cl. The summed E-state index contributed by atoms with van der Waals surface area (Å²) in [5, 5.41) is 12.4. The predicted octanol–water partition coefficient (Wildman–Crippen LogP) is 3.60. The van der Waals surface area contributed by atoms with E-state index in [1.165, 1.54) is 19.3 Å². The predicted molar refractivity (Wildman–Crippen MR) is 66.6 cm³/mol. The summed E-state index contributed by atoms with van der Waals surface area (Å²) in [6.07, 6.45) is 6.38. The van der Waals surface area contributed by atoms with E-state index >= 15 is 0 Å². The van der Waals surface area contributed by atoms with E-state index in [9.17, 15) is 0 Å². The summed E-state index contributed by atoms with van der Waals surface area (Å²) in [6, 6.07) is 3.65. The lowest BCUT2D eigenvalue weighted by atomic mass is 10.2. The normalized spacial score (nSPS) is 9.81. The fourth-order valence-corrected chi connectivity index (χ4v) is 1.63. The fraction of sp³-hybridized carbons (Fsp3) is 0.500. The second-order valence-electron chi connectivity index (χ2n) is 3.62. The van der Waals surface area contributed by atoms with Gasteiger partial charge in [0.1, 0.15) is 16.9 Å². The lowest BCUT2D eigenvalue weighted by Crippen LogP contribution is -2.04. The molecule has 0 atom stereocenters. The van der Waals surface area contributed by atoms with Crippen molar-refractivity contribution in [3.63, 3.8) is 0 Å². The molecule has 1 aromatic heterocycles. The van der Waals surface area contributed by atoms with Gasteiger partial charge in [-0.2, -0.15) is 5.26 Å². The van der Waals surface area contributed by atoms with Crippen LogP contribution in [0, 0.1) is 11.3 Å². The highest BCUT2D eigenvalue weighted by Gasteiger charge is 2.05. The number of hydrogen-bond donors (Lipinski definition) is 1. The number of hydrogen-bond acceptors (Lipinski definition) is 3. The highest BCUT2D eigenvalue weighted by Crippen LogP contribution is 2.22. The van der Waals surface area contributed by atoms with Gasteiger partial charge in [-0.25, -0.2) is 4.98 Å². The summed E-state index contributed by atoms with van der Waals surface area (Å²) >= 11 is 6.00. The Hall–Kier alpha value is -1.27. The summed E-state index contributed by atoms with van der Waals surface area (Å²) in [5.41, 5.74) is 0.465. The third-order valence-corrected chi connectivity index (χ3v) is 2.72. The fourth-order valence-electron chi connectivity index (χ4n) is 1.41. The minimum Gasteiger partial charge on any atom is -0.369 e. The zero-order valence-corrected chi connectivity index (χ0v) is 10.2. The van der Waals surface area contributed by atoms with Crippen LogP contribution < -0.4 is 5.32 Å². The van der Waals surface area contributed by atoms with Crippen molar-refractivity contribution in [1.82, 2.24) is 4.98 Å². The van der Waals surface area contributed by atoms with E-state index in [0.29, 0.717) is 16.4 Å². The number of nitrogens with zero attached hydrogens (tertiary/aromatic N) is 2. The number of anilines is 1. The average molecular weight is 238 g/mol. The molecule has 0 fully saturated rings.